The fraction of sp³-hybridized carbons (Fsp3) is 0.357. The summed E-state index contributed by atoms with van der Waals surface area (Å²) in [5.41, 5.74) is 5.05. The van der Waals surface area contributed by atoms with Crippen molar-refractivity contribution >= 4 is 23.6 Å². The average Bonchev–Trinajstić information content (AvgIpc) is 2.83. The van der Waals surface area contributed by atoms with Gasteiger partial charge in [-0.25, -0.2) is 0 Å². The van der Waals surface area contributed by atoms with Crippen LogP contribution in [0, 0.1) is 0 Å². The van der Waals surface area contributed by atoms with Crippen molar-refractivity contribution in [1.82, 2.24) is 4.90 Å². The van der Waals surface area contributed by atoms with Crippen molar-refractivity contribution in [1.29, 1.82) is 0 Å². The summed E-state index contributed by atoms with van der Waals surface area (Å²) in [7, 11) is 0. The molecule has 1 amide bonds. The van der Waals surface area contributed by atoms with Crippen LogP contribution in [0.5, 0.6) is 0 Å². The van der Waals surface area contributed by atoms with Crippen molar-refractivity contribution in [2.24, 2.45) is 5.73 Å². The summed E-state index contributed by atoms with van der Waals surface area (Å²) in [6, 6.07) is 2.95. The molecule has 3 nitrogen and oxygen atoms in total. The Hall–Kier alpha value is -1.53. The maximum Gasteiger partial charge on any atom is 0.416 e. The predicted octanol–water partition coefficient (Wildman–Crippen LogP) is 2.93. The molecular formula is C14H14ClF3N2O. The molecule has 1 aliphatic rings. The monoisotopic (exact) mass is 318 g/mol. The first-order chi connectivity index (χ1) is 9.77. The lowest BCUT2D eigenvalue weighted by Gasteiger charge is -2.13. The zero-order valence-corrected chi connectivity index (χ0v) is 11.8. The van der Waals surface area contributed by atoms with Gasteiger partial charge in [0, 0.05) is 30.2 Å². The summed E-state index contributed by atoms with van der Waals surface area (Å²) in [6.07, 6.45) is -1.20. The summed E-state index contributed by atoms with van der Waals surface area (Å²) < 4.78 is 37.9. The van der Waals surface area contributed by atoms with Gasteiger partial charge in [-0.15, -0.1) is 0 Å². The highest BCUT2D eigenvalue weighted by Crippen LogP contribution is 2.32. The number of alkyl halides is 3. The third-order valence-electron chi connectivity index (χ3n) is 3.27. The minimum absolute atomic E-state index is 0.0421. The summed E-state index contributed by atoms with van der Waals surface area (Å²) in [5, 5.41) is 0.158. The van der Waals surface area contributed by atoms with E-state index in [2.05, 4.69) is 0 Å². The number of hydrogen-bond acceptors (Lipinski definition) is 2. The lowest BCUT2D eigenvalue weighted by Crippen LogP contribution is -2.30. The molecule has 0 aliphatic carbocycles. The number of halogens is 4. The number of likely N-dealkylation sites (tertiary alicyclic amines) is 1. The first-order valence-electron chi connectivity index (χ1n) is 6.36. The van der Waals surface area contributed by atoms with Gasteiger partial charge < -0.3 is 10.6 Å². The van der Waals surface area contributed by atoms with Crippen molar-refractivity contribution in [3.05, 3.63) is 40.4 Å². The fourth-order valence-corrected chi connectivity index (χ4v) is 2.28. The highest BCUT2D eigenvalue weighted by molar-refractivity contribution is 6.32. The van der Waals surface area contributed by atoms with E-state index in [1.54, 1.807) is 4.90 Å². The molecular weight excluding hydrogens is 305 g/mol. The molecule has 1 fully saturated rings. The van der Waals surface area contributed by atoms with E-state index in [1.807, 2.05) is 0 Å². The molecule has 0 saturated carbocycles. The Bertz CT molecular complexity index is 572. The fourth-order valence-electron chi connectivity index (χ4n) is 2.10. The molecule has 0 bridgehead atoms. The minimum atomic E-state index is -4.45. The number of nitrogens with zero attached hydrogens (tertiary/aromatic N) is 1. The van der Waals surface area contributed by atoms with Crippen LogP contribution in [-0.2, 0) is 11.0 Å². The van der Waals surface area contributed by atoms with Gasteiger partial charge in [0.25, 0.3) is 0 Å². The van der Waals surface area contributed by atoms with Crippen LogP contribution in [0.3, 0.4) is 0 Å². The molecule has 1 aliphatic heterocycles. The number of rotatable bonds is 2. The van der Waals surface area contributed by atoms with E-state index in [0.29, 0.717) is 13.1 Å². The first kappa shape index (κ1) is 15.9. The van der Waals surface area contributed by atoms with Gasteiger partial charge in [-0.05, 0) is 36.3 Å². The van der Waals surface area contributed by atoms with E-state index in [4.69, 9.17) is 17.3 Å². The molecule has 114 valence electrons. The smallest absolute Gasteiger partial charge is 0.338 e. The highest BCUT2D eigenvalue weighted by Gasteiger charge is 2.30. The minimum Gasteiger partial charge on any atom is -0.338 e. The quantitative estimate of drug-likeness (QED) is 0.852. The van der Waals surface area contributed by atoms with E-state index >= 15 is 0 Å². The number of nitrogens with two attached hydrogens (primary N) is 1. The lowest BCUT2D eigenvalue weighted by atomic mass is 10.1. The molecule has 1 aromatic rings. The number of benzene rings is 1. The Labute approximate surface area is 125 Å². The molecule has 1 heterocycles. The summed E-state index contributed by atoms with van der Waals surface area (Å²) in [6.45, 7) is 1.01. The predicted molar refractivity (Wildman–Crippen MR) is 74.7 cm³/mol. The van der Waals surface area contributed by atoms with Gasteiger partial charge in [0.05, 0.1) is 5.56 Å². The van der Waals surface area contributed by atoms with Crippen LogP contribution in [0.2, 0.25) is 5.02 Å². The summed E-state index contributed by atoms with van der Waals surface area (Å²) >= 11 is 5.85. The molecule has 1 atom stereocenters. The van der Waals surface area contributed by atoms with E-state index in [0.717, 1.165) is 18.6 Å². The molecule has 0 unspecified atom stereocenters. The largest absolute Gasteiger partial charge is 0.416 e. The van der Waals surface area contributed by atoms with Crippen molar-refractivity contribution in [2.75, 3.05) is 13.1 Å². The van der Waals surface area contributed by atoms with Crippen molar-refractivity contribution < 1.29 is 18.0 Å². The van der Waals surface area contributed by atoms with Gasteiger partial charge in [0.15, 0.2) is 0 Å². The molecule has 1 saturated heterocycles. The van der Waals surface area contributed by atoms with Crippen molar-refractivity contribution in [3.63, 3.8) is 0 Å². The lowest BCUT2D eigenvalue weighted by molar-refractivity contribution is -0.137. The highest BCUT2D eigenvalue weighted by atomic mass is 35.5. The Balaban J connectivity index is 2.15. The second-order valence-corrected chi connectivity index (χ2v) is 5.31. The second kappa shape index (κ2) is 6.07. The number of hydrogen-bond donors (Lipinski definition) is 1. The maximum absolute atomic E-state index is 12.6. The summed E-state index contributed by atoms with van der Waals surface area (Å²) in [4.78, 5) is 13.4. The number of amides is 1. The van der Waals surface area contributed by atoms with Crippen LogP contribution in [0.4, 0.5) is 13.2 Å². The molecule has 0 spiro atoms. The standard InChI is InChI=1S/C14H14ClF3N2O/c15-12-3-2-10(14(16,17)18)7-9(12)1-4-13(21)20-6-5-11(19)8-20/h1-4,7,11H,5-6,8,19H2/b4-1+/t11-/m0/s1. The third kappa shape index (κ3) is 3.98. The van der Waals surface area contributed by atoms with Gasteiger partial charge in [-0.3, -0.25) is 4.79 Å². The molecule has 0 radical (unpaired) electrons. The van der Waals surface area contributed by atoms with E-state index in [1.165, 1.54) is 18.2 Å². The Morgan fingerprint density at radius 2 is 2.14 bits per heavy atom. The second-order valence-electron chi connectivity index (χ2n) is 4.90. The first-order valence-corrected chi connectivity index (χ1v) is 6.74. The molecule has 2 rings (SSSR count). The molecule has 21 heavy (non-hydrogen) atoms. The van der Waals surface area contributed by atoms with Crippen LogP contribution >= 0.6 is 11.6 Å². The van der Waals surface area contributed by atoms with Crippen molar-refractivity contribution in [2.45, 2.75) is 18.6 Å². The van der Waals surface area contributed by atoms with Crippen molar-refractivity contribution in [3.8, 4) is 0 Å². The van der Waals surface area contributed by atoms with E-state index < -0.39 is 11.7 Å². The molecule has 7 heteroatoms. The van der Waals surface area contributed by atoms with Crippen LogP contribution < -0.4 is 5.73 Å². The maximum atomic E-state index is 12.6. The molecule has 1 aromatic carbocycles. The van der Waals surface area contributed by atoms with Gasteiger partial charge in [0.2, 0.25) is 5.91 Å². The Morgan fingerprint density at radius 1 is 1.43 bits per heavy atom. The van der Waals surface area contributed by atoms with Gasteiger partial charge in [-0.1, -0.05) is 11.6 Å². The zero-order valence-electron chi connectivity index (χ0n) is 11.0. The molecule has 0 aromatic heterocycles. The van der Waals surface area contributed by atoms with Crippen LogP contribution in [0.15, 0.2) is 24.3 Å². The number of carbonyl (C=O) groups excluding carboxylic acids is 1. The normalized spacial score (nSPS) is 19.5. The topological polar surface area (TPSA) is 46.3 Å². The zero-order chi connectivity index (χ0) is 15.6. The Kier molecular flexibility index (Phi) is 4.58. The Morgan fingerprint density at radius 3 is 2.71 bits per heavy atom. The van der Waals surface area contributed by atoms with E-state index in [9.17, 15) is 18.0 Å². The average molecular weight is 319 g/mol. The number of carbonyl (C=O) groups is 1. The van der Waals surface area contributed by atoms with Gasteiger partial charge >= 0.3 is 6.18 Å². The van der Waals surface area contributed by atoms with Gasteiger partial charge in [0.1, 0.15) is 0 Å². The van der Waals surface area contributed by atoms with Crippen LogP contribution in [0.25, 0.3) is 6.08 Å². The SMILES string of the molecule is N[C@H]1CCN(C(=O)/C=C/c2cc(C(F)(F)F)ccc2Cl)C1. The van der Waals surface area contributed by atoms with Crippen LogP contribution in [0.1, 0.15) is 17.5 Å². The molecule has 2 N–H and O–H groups in total. The van der Waals surface area contributed by atoms with Crippen LogP contribution in [-0.4, -0.2) is 29.9 Å². The van der Waals surface area contributed by atoms with Gasteiger partial charge in [-0.2, -0.15) is 13.2 Å². The van der Waals surface area contributed by atoms with E-state index in [-0.39, 0.29) is 22.5 Å². The third-order valence-corrected chi connectivity index (χ3v) is 3.61. The summed E-state index contributed by atoms with van der Waals surface area (Å²) in [5.74, 6) is -0.281.